The molecule has 2 aromatic carbocycles. The third kappa shape index (κ3) is 6.11. The van der Waals surface area contributed by atoms with E-state index in [1.807, 2.05) is 49.4 Å². The van der Waals surface area contributed by atoms with Crippen molar-refractivity contribution in [3.05, 3.63) is 63.6 Å². The first-order chi connectivity index (χ1) is 12.4. The zero-order valence-corrected chi connectivity index (χ0v) is 17.5. The average molecular weight is 435 g/mol. The molecule has 0 aliphatic carbocycles. The SMILES string of the molecule is Cc1cc(OCC(=O)NC(=S)NCc2ccccc2)c(C(C)C)cc1Br. The van der Waals surface area contributed by atoms with E-state index in [0.717, 1.165) is 26.9 Å². The van der Waals surface area contributed by atoms with Crippen molar-refractivity contribution in [1.29, 1.82) is 0 Å². The van der Waals surface area contributed by atoms with Crippen LogP contribution in [-0.4, -0.2) is 17.6 Å². The summed E-state index contributed by atoms with van der Waals surface area (Å²) in [4.78, 5) is 12.1. The maximum absolute atomic E-state index is 12.1. The quantitative estimate of drug-likeness (QED) is 0.659. The summed E-state index contributed by atoms with van der Waals surface area (Å²) in [5.74, 6) is 0.725. The predicted octanol–water partition coefficient (Wildman–Crippen LogP) is 4.45. The van der Waals surface area contributed by atoms with Gasteiger partial charge in [-0.25, -0.2) is 0 Å². The number of halogens is 1. The van der Waals surface area contributed by atoms with E-state index in [-0.39, 0.29) is 12.5 Å². The zero-order chi connectivity index (χ0) is 19.1. The van der Waals surface area contributed by atoms with Crippen molar-refractivity contribution in [3.63, 3.8) is 0 Å². The predicted molar refractivity (Wildman–Crippen MR) is 112 cm³/mol. The molecule has 1 amide bonds. The Kier molecular flexibility index (Phi) is 7.60. The van der Waals surface area contributed by atoms with Crippen LogP contribution in [0.15, 0.2) is 46.9 Å². The topological polar surface area (TPSA) is 50.4 Å². The highest BCUT2D eigenvalue weighted by Gasteiger charge is 2.13. The van der Waals surface area contributed by atoms with Crippen LogP contribution in [0.2, 0.25) is 0 Å². The molecule has 138 valence electrons. The zero-order valence-electron chi connectivity index (χ0n) is 15.1. The smallest absolute Gasteiger partial charge is 0.264 e. The number of nitrogens with one attached hydrogen (secondary N) is 2. The molecule has 0 radical (unpaired) electrons. The van der Waals surface area contributed by atoms with E-state index >= 15 is 0 Å². The molecule has 0 saturated carbocycles. The van der Waals surface area contributed by atoms with E-state index in [9.17, 15) is 4.79 Å². The van der Waals surface area contributed by atoms with Gasteiger partial charge in [0.05, 0.1) is 0 Å². The lowest BCUT2D eigenvalue weighted by Crippen LogP contribution is -2.41. The summed E-state index contributed by atoms with van der Waals surface area (Å²) in [7, 11) is 0. The van der Waals surface area contributed by atoms with E-state index in [0.29, 0.717) is 17.6 Å². The van der Waals surface area contributed by atoms with Crippen molar-refractivity contribution in [2.45, 2.75) is 33.2 Å². The Hall–Kier alpha value is -1.92. The summed E-state index contributed by atoms with van der Waals surface area (Å²) in [6.45, 7) is 6.64. The van der Waals surface area contributed by atoms with Gasteiger partial charge in [-0.05, 0) is 53.9 Å². The molecule has 0 unspecified atom stereocenters. The molecule has 0 saturated heterocycles. The number of ether oxygens (including phenoxy) is 1. The standard InChI is InChI=1S/C20H23BrN2O2S/c1-13(2)16-10-17(21)14(3)9-18(16)25-12-19(24)23-20(26)22-11-15-7-5-4-6-8-15/h4-10,13H,11-12H2,1-3H3,(H2,22,23,24,26). The number of benzene rings is 2. The second kappa shape index (κ2) is 9.69. The highest BCUT2D eigenvalue weighted by Crippen LogP contribution is 2.32. The second-order valence-electron chi connectivity index (χ2n) is 6.30. The summed E-state index contributed by atoms with van der Waals surface area (Å²) < 4.78 is 6.77. The van der Waals surface area contributed by atoms with Crippen LogP contribution < -0.4 is 15.4 Å². The lowest BCUT2D eigenvalue weighted by molar-refractivity contribution is -0.121. The molecule has 0 bridgehead atoms. The molecule has 6 heteroatoms. The van der Waals surface area contributed by atoms with Crippen LogP contribution in [0.3, 0.4) is 0 Å². The summed E-state index contributed by atoms with van der Waals surface area (Å²) >= 11 is 8.70. The van der Waals surface area contributed by atoms with Crippen molar-refractivity contribution >= 4 is 39.2 Å². The van der Waals surface area contributed by atoms with Crippen molar-refractivity contribution in [2.75, 3.05) is 6.61 Å². The largest absolute Gasteiger partial charge is 0.483 e. The van der Waals surface area contributed by atoms with Crippen LogP contribution in [0.5, 0.6) is 5.75 Å². The number of carbonyl (C=O) groups is 1. The molecule has 26 heavy (non-hydrogen) atoms. The second-order valence-corrected chi connectivity index (χ2v) is 7.56. The fourth-order valence-corrected chi connectivity index (χ4v) is 2.92. The molecule has 2 N–H and O–H groups in total. The maximum atomic E-state index is 12.1. The Balaban J connectivity index is 1.86. The number of rotatable bonds is 6. The fourth-order valence-electron chi connectivity index (χ4n) is 2.38. The third-order valence-electron chi connectivity index (χ3n) is 3.82. The normalized spacial score (nSPS) is 10.5. The van der Waals surface area contributed by atoms with E-state index in [4.69, 9.17) is 17.0 Å². The molecule has 0 aliphatic rings. The van der Waals surface area contributed by atoms with Crippen molar-refractivity contribution < 1.29 is 9.53 Å². The Morgan fingerprint density at radius 3 is 2.58 bits per heavy atom. The molecule has 2 aromatic rings. The Morgan fingerprint density at radius 1 is 1.23 bits per heavy atom. The van der Waals surface area contributed by atoms with Crippen LogP contribution in [0.4, 0.5) is 0 Å². The van der Waals surface area contributed by atoms with Crippen LogP contribution in [0.25, 0.3) is 0 Å². The van der Waals surface area contributed by atoms with Gasteiger partial charge in [-0.15, -0.1) is 0 Å². The van der Waals surface area contributed by atoms with E-state index in [1.54, 1.807) is 0 Å². The molecule has 0 heterocycles. The highest BCUT2D eigenvalue weighted by molar-refractivity contribution is 9.10. The van der Waals surface area contributed by atoms with Gasteiger partial charge in [0, 0.05) is 11.0 Å². The minimum atomic E-state index is -0.286. The van der Waals surface area contributed by atoms with Crippen LogP contribution >= 0.6 is 28.1 Å². The first-order valence-corrected chi connectivity index (χ1v) is 9.61. The van der Waals surface area contributed by atoms with Gasteiger partial charge in [0.15, 0.2) is 11.7 Å². The molecule has 0 aromatic heterocycles. The van der Waals surface area contributed by atoms with E-state index < -0.39 is 0 Å². The molecular weight excluding hydrogens is 412 g/mol. The van der Waals surface area contributed by atoms with Gasteiger partial charge in [0.2, 0.25) is 0 Å². The Labute approximate surface area is 168 Å². The highest BCUT2D eigenvalue weighted by atomic mass is 79.9. The fraction of sp³-hybridized carbons (Fsp3) is 0.300. The van der Waals surface area contributed by atoms with Gasteiger partial charge in [-0.3, -0.25) is 4.79 Å². The van der Waals surface area contributed by atoms with Gasteiger partial charge in [-0.2, -0.15) is 0 Å². The van der Waals surface area contributed by atoms with Crippen LogP contribution in [0.1, 0.15) is 36.5 Å². The molecule has 0 spiro atoms. The molecule has 4 nitrogen and oxygen atoms in total. The van der Waals surface area contributed by atoms with E-state index in [1.165, 1.54) is 0 Å². The molecule has 0 aliphatic heterocycles. The minimum absolute atomic E-state index is 0.0893. The van der Waals surface area contributed by atoms with Crippen molar-refractivity contribution in [2.24, 2.45) is 0 Å². The van der Waals surface area contributed by atoms with E-state index in [2.05, 4.69) is 40.4 Å². The van der Waals surface area contributed by atoms with Crippen LogP contribution in [-0.2, 0) is 11.3 Å². The number of hydrogen-bond donors (Lipinski definition) is 2. The molecule has 0 atom stereocenters. The summed E-state index contributed by atoms with van der Waals surface area (Å²) in [6.07, 6.45) is 0. The van der Waals surface area contributed by atoms with Gasteiger partial charge in [-0.1, -0.05) is 60.1 Å². The van der Waals surface area contributed by atoms with Gasteiger partial charge < -0.3 is 15.4 Å². The Morgan fingerprint density at radius 2 is 1.92 bits per heavy atom. The van der Waals surface area contributed by atoms with Gasteiger partial charge in [0.1, 0.15) is 5.75 Å². The Bertz CT molecular complexity index is 779. The van der Waals surface area contributed by atoms with Crippen molar-refractivity contribution in [1.82, 2.24) is 10.6 Å². The number of thiocarbonyl (C=S) groups is 1. The number of amides is 1. The molecule has 2 rings (SSSR count). The minimum Gasteiger partial charge on any atom is -0.483 e. The monoisotopic (exact) mass is 434 g/mol. The number of carbonyl (C=O) groups excluding carboxylic acids is 1. The third-order valence-corrected chi connectivity index (χ3v) is 4.92. The van der Waals surface area contributed by atoms with Crippen LogP contribution in [0, 0.1) is 6.92 Å². The molecular formula is C20H23BrN2O2S. The number of hydrogen-bond acceptors (Lipinski definition) is 3. The van der Waals surface area contributed by atoms with Crippen molar-refractivity contribution in [3.8, 4) is 5.75 Å². The summed E-state index contributed by atoms with van der Waals surface area (Å²) in [5, 5.41) is 5.94. The lowest BCUT2D eigenvalue weighted by Gasteiger charge is -2.16. The summed E-state index contributed by atoms with van der Waals surface area (Å²) in [6, 6.07) is 13.8. The summed E-state index contributed by atoms with van der Waals surface area (Å²) in [5.41, 5.74) is 3.21. The van der Waals surface area contributed by atoms with Gasteiger partial charge in [0.25, 0.3) is 5.91 Å². The number of aryl methyl sites for hydroxylation is 1. The molecule has 0 fully saturated rings. The maximum Gasteiger partial charge on any atom is 0.264 e. The average Bonchev–Trinajstić information content (AvgIpc) is 2.61. The lowest BCUT2D eigenvalue weighted by atomic mass is 10.0. The first kappa shape index (κ1) is 20.4. The van der Waals surface area contributed by atoms with Gasteiger partial charge >= 0.3 is 0 Å². The first-order valence-electron chi connectivity index (χ1n) is 8.41.